The number of fused-ring (bicyclic) bond motifs is 11. The maximum Gasteiger partial charge on any atom is 0.164 e. The van der Waals surface area contributed by atoms with E-state index >= 15 is 0 Å². The highest BCUT2D eigenvalue weighted by molar-refractivity contribution is 6.00. The van der Waals surface area contributed by atoms with Crippen molar-refractivity contribution in [1.29, 1.82) is 0 Å². The molecule has 2 aliphatic rings. The van der Waals surface area contributed by atoms with Crippen LogP contribution in [0, 0.1) is 0 Å². The van der Waals surface area contributed by atoms with Crippen LogP contribution >= 0.6 is 0 Å². The maximum absolute atomic E-state index is 5.16. The van der Waals surface area contributed by atoms with Gasteiger partial charge in [0, 0.05) is 51.9 Å². The first kappa shape index (κ1) is 32.5. The van der Waals surface area contributed by atoms with Crippen LogP contribution in [0.4, 0.5) is 0 Å². The third-order valence-electron chi connectivity index (χ3n) is 12.0. The third-order valence-corrected chi connectivity index (χ3v) is 12.0. The largest absolute Gasteiger partial charge is 0.316 e. The zero-order valence-electron chi connectivity index (χ0n) is 31.3. The molecule has 2 aliphatic carbocycles. The molecule has 3 heterocycles. The summed E-state index contributed by atoms with van der Waals surface area (Å²) in [6.07, 6.45) is 5.98. The summed E-state index contributed by atoms with van der Waals surface area (Å²) in [5, 5.41) is 1.21. The molecule has 0 fully saturated rings. The van der Waals surface area contributed by atoms with Gasteiger partial charge in [0.1, 0.15) is 0 Å². The Balaban J connectivity index is 1.11. The van der Waals surface area contributed by atoms with Crippen LogP contribution in [0.3, 0.4) is 0 Å². The second-order valence-electron chi connectivity index (χ2n) is 15.0. The van der Waals surface area contributed by atoms with Gasteiger partial charge in [-0.1, -0.05) is 152 Å². The van der Waals surface area contributed by atoms with Gasteiger partial charge >= 0.3 is 0 Å². The smallest absolute Gasteiger partial charge is 0.164 e. The number of benzene rings is 7. The van der Waals surface area contributed by atoms with Crippen LogP contribution in [0.25, 0.3) is 84.1 Å². The van der Waals surface area contributed by atoms with Crippen LogP contribution in [0.5, 0.6) is 0 Å². The van der Waals surface area contributed by atoms with E-state index in [1.54, 1.807) is 0 Å². The molecule has 0 N–H and O–H groups in total. The molecule has 7 aromatic carbocycles. The molecule has 0 aliphatic heterocycles. The fraction of sp³-hybridized carbons (Fsp3) is 0.0189. The van der Waals surface area contributed by atoms with Crippen molar-refractivity contribution >= 4 is 10.9 Å². The second kappa shape index (κ2) is 12.6. The summed E-state index contributed by atoms with van der Waals surface area (Å²) in [6, 6.07) is 65.0. The average molecular weight is 740 g/mol. The van der Waals surface area contributed by atoms with E-state index in [2.05, 4.69) is 161 Å². The Bertz CT molecular complexity index is 3120. The molecule has 58 heavy (non-hydrogen) atoms. The molecule has 10 aromatic rings. The number of rotatable bonds is 5. The van der Waals surface area contributed by atoms with E-state index in [1.807, 2.05) is 48.8 Å². The predicted octanol–water partition coefficient (Wildman–Crippen LogP) is 12.2. The molecule has 0 amide bonds. The average Bonchev–Trinajstić information content (AvgIpc) is 3.94. The lowest BCUT2D eigenvalue weighted by Crippen LogP contribution is -2.26. The number of hydrogen-bond donors (Lipinski definition) is 0. The fourth-order valence-electron chi connectivity index (χ4n) is 9.51. The number of hydrogen-bond acceptors (Lipinski definition) is 4. The molecular weight excluding hydrogens is 707 g/mol. The Labute approximate surface area is 335 Å². The molecule has 270 valence electrons. The Morgan fingerprint density at radius 2 is 0.845 bits per heavy atom. The first-order chi connectivity index (χ1) is 28.8. The van der Waals surface area contributed by atoms with E-state index in [4.69, 9.17) is 15.0 Å². The third kappa shape index (κ3) is 4.71. The highest BCUT2D eigenvalue weighted by Crippen LogP contribution is 2.63. The van der Waals surface area contributed by atoms with Crippen molar-refractivity contribution < 1.29 is 0 Å². The van der Waals surface area contributed by atoms with Gasteiger partial charge in [-0.2, -0.15) is 0 Å². The number of pyridine rings is 1. The van der Waals surface area contributed by atoms with E-state index in [0.717, 1.165) is 27.9 Å². The quantitative estimate of drug-likeness (QED) is 0.176. The fourth-order valence-corrected chi connectivity index (χ4v) is 9.51. The summed E-state index contributed by atoms with van der Waals surface area (Å²) in [7, 11) is 0. The Kier molecular flexibility index (Phi) is 7.07. The lowest BCUT2D eigenvalue weighted by atomic mass is 9.70. The summed E-state index contributed by atoms with van der Waals surface area (Å²) >= 11 is 0. The summed E-state index contributed by atoms with van der Waals surface area (Å²) in [4.78, 5) is 19.6. The summed E-state index contributed by atoms with van der Waals surface area (Å²) < 4.78 is 2.28. The van der Waals surface area contributed by atoms with Crippen molar-refractivity contribution in [3.63, 3.8) is 0 Å². The van der Waals surface area contributed by atoms with Gasteiger partial charge in [-0.3, -0.25) is 4.98 Å². The van der Waals surface area contributed by atoms with E-state index in [1.165, 1.54) is 61.0 Å². The Hall–Kier alpha value is -7.76. The molecular formula is C53H33N5. The topological polar surface area (TPSA) is 56.5 Å². The normalized spacial score (nSPS) is 13.0. The standard InChI is InChI=1S/C53H33N5/c1-3-13-34(14-4-1)50-55-51(35-15-5-2-6-16-35)57-52(56-50)37-24-26-42-41-25-23-36(44-33-58(38-27-29-54-30-28-38)49-22-12-9-19-43(44)49)31-47(41)53(48(42)32-37)45-20-10-7-17-39(45)40-18-8-11-21-46(40)53/h1-33H. The van der Waals surface area contributed by atoms with Crippen molar-refractivity contribution in [3.05, 3.63) is 223 Å². The van der Waals surface area contributed by atoms with Crippen LogP contribution in [-0.4, -0.2) is 24.5 Å². The van der Waals surface area contributed by atoms with Gasteiger partial charge < -0.3 is 4.57 Å². The van der Waals surface area contributed by atoms with Crippen LogP contribution in [0.15, 0.2) is 201 Å². The first-order valence-electron chi connectivity index (χ1n) is 19.6. The van der Waals surface area contributed by atoms with Gasteiger partial charge in [-0.25, -0.2) is 15.0 Å². The van der Waals surface area contributed by atoms with Gasteiger partial charge in [0.2, 0.25) is 0 Å². The Morgan fingerprint density at radius 1 is 0.362 bits per heavy atom. The minimum atomic E-state index is -0.565. The second-order valence-corrected chi connectivity index (χ2v) is 15.0. The van der Waals surface area contributed by atoms with Crippen LogP contribution < -0.4 is 0 Å². The van der Waals surface area contributed by atoms with Crippen molar-refractivity contribution in [2.24, 2.45) is 0 Å². The monoisotopic (exact) mass is 739 g/mol. The molecule has 0 unspecified atom stereocenters. The van der Waals surface area contributed by atoms with Gasteiger partial charge in [0.15, 0.2) is 17.5 Å². The lowest BCUT2D eigenvalue weighted by molar-refractivity contribution is 0.794. The Morgan fingerprint density at radius 3 is 1.47 bits per heavy atom. The van der Waals surface area contributed by atoms with Crippen molar-refractivity contribution in [3.8, 4) is 73.2 Å². The van der Waals surface area contributed by atoms with Gasteiger partial charge in [-0.05, 0) is 80.4 Å². The van der Waals surface area contributed by atoms with Crippen molar-refractivity contribution in [1.82, 2.24) is 24.5 Å². The zero-order valence-corrected chi connectivity index (χ0v) is 31.3. The maximum atomic E-state index is 5.16. The van der Waals surface area contributed by atoms with Crippen molar-refractivity contribution in [2.45, 2.75) is 5.41 Å². The molecule has 0 bridgehead atoms. The molecule has 12 rings (SSSR count). The lowest BCUT2D eigenvalue weighted by Gasteiger charge is -2.31. The minimum Gasteiger partial charge on any atom is -0.316 e. The molecule has 0 saturated heterocycles. The number of aromatic nitrogens is 5. The molecule has 3 aromatic heterocycles. The summed E-state index contributed by atoms with van der Waals surface area (Å²) in [5.41, 5.74) is 17.0. The highest BCUT2D eigenvalue weighted by Gasteiger charge is 2.51. The molecule has 5 heteroatoms. The molecule has 0 radical (unpaired) electrons. The van der Waals surface area contributed by atoms with Crippen LogP contribution in [0.1, 0.15) is 22.3 Å². The molecule has 5 nitrogen and oxygen atoms in total. The van der Waals surface area contributed by atoms with E-state index in [9.17, 15) is 0 Å². The summed E-state index contributed by atoms with van der Waals surface area (Å²) in [5.74, 6) is 1.94. The SMILES string of the molecule is c1ccc(-c2nc(-c3ccccc3)nc(-c3ccc4c(c3)C3(c5ccccc5-c5ccccc53)c3cc(-c5cn(-c6ccncc6)c6ccccc56)ccc3-4)n2)cc1. The van der Waals surface area contributed by atoms with Gasteiger partial charge in [0.25, 0.3) is 0 Å². The van der Waals surface area contributed by atoms with Gasteiger partial charge in [-0.15, -0.1) is 0 Å². The van der Waals surface area contributed by atoms with E-state index < -0.39 is 5.41 Å². The van der Waals surface area contributed by atoms with Crippen LogP contribution in [0.2, 0.25) is 0 Å². The number of para-hydroxylation sites is 1. The van der Waals surface area contributed by atoms with E-state index in [-0.39, 0.29) is 0 Å². The van der Waals surface area contributed by atoms with Gasteiger partial charge in [0.05, 0.1) is 10.9 Å². The van der Waals surface area contributed by atoms with Crippen LogP contribution in [-0.2, 0) is 5.41 Å². The highest BCUT2D eigenvalue weighted by atomic mass is 15.0. The zero-order chi connectivity index (χ0) is 38.2. The molecule has 1 spiro atoms. The number of nitrogens with zero attached hydrogens (tertiary/aromatic N) is 5. The van der Waals surface area contributed by atoms with E-state index in [0.29, 0.717) is 17.5 Å². The molecule has 0 saturated carbocycles. The molecule has 0 atom stereocenters. The van der Waals surface area contributed by atoms with Crippen molar-refractivity contribution in [2.75, 3.05) is 0 Å². The minimum absolute atomic E-state index is 0.565. The first-order valence-corrected chi connectivity index (χ1v) is 19.6. The predicted molar refractivity (Wildman–Crippen MR) is 232 cm³/mol. The summed E-state index contributed by atoms with van der Waals surface area (Å²) in [6.45, 7) is 0.